The number of piperidine rings is 1. The third kappa shape index (κ3) is 6.49. The number of benzene rings is 2. The maximum absolute atomic E-state index is 13.3. The van der Waals surface area contributed by atoms with Crippen LogP contribution in [0, 0.1) is 0 Å². The van der Waals surface area contributed by atoms with Gasteiger partial charge in [0.1, 0.15) is 5.60 Å². The molecule has 2 aromatic heterocycles. The maximum atomic E-state index is 13.3. The number of pyridine rings is 1. The van der Waals surface area contributed by atoms with Crippen molar-refractivity contribution in [2.45, 2.75) is 44.9 Å². The number of aromatic nitrogens is 2. The molecule has 0 aliphatic carbocycles. The topological polar surface area (TPSA) is 126 Å². The first kappa shape index (κ1) is 28.9. The van der Waals surface area contributed by atoms with E-state index in [0.717, 1.165) is 10.9 Å². The number of carbonyl (C=O) groups is 3. The third-order valence-electron chi connectivity index (χ3n) is 7.02. The highest BCUT2D eigenvalue weighted by Gasteiger charge is 2.35. The molecule has 1 aliphatic heterocycles. The Balaban J connectivity index is 1.33. The number of ether oxygens (including phenoxy) is 1. The van der Waals surface area contributed by atoms with Crippen LogP contribution >= 0.6 is 11.6 Å². The highest BCUT2D eigenvalue weighted by molar-refractivity contribution is 6.35. The predicted molar refractivity (Wildman–Crippen MR) is 160 cm³/mol. The van der Waals surface area contributed by atoms with Gasteiger partial charge in [-0.1, -0.05) is 23.7 Å². The number of hydrogen-bond donors (Lipinski definition) is 3. The Morgan fingerprint density at radius 2 is 1.64 bits per heavy atom. The summed E-state index contributed by atoms with van der Waals surface area (Å²) in [5, 5.41) is 7.40. The molecular formula is C31H32ClN5O5. The van der Waals surface area contributed by atoms with Gasteiger partial charge in [0.2, 0.25) is 0 Å². The van der Waals surface area contributed by atoms with Crippen LogP contribution in [0.25, 0.3) is 16.6 Å². The summed E-state index contributed by atoms with van der Waals surface area (Å²) in [6.07, 6.45) is 3.23. The van der Waals surface area contributed by atoms with Gasteiger partial charge in [-0.2, -0.15) is 0 Å². The number of amides is 3. The maximum Gasteiger partial charge on any atom is 0.410 e. The van der Waals surface area contributed by atoms with E-state index in [1.54, 1.807) is 92.7 Å². The summed E-state index contributed by atoms with van der Waals surface area (Å²) < 4.78 is 7.04. The normalized spacial score (nSPS) is 17.1. The Morgan fingerprint density at radius 1 is 0.952 bits per heavy atom. The number of fused-ring (bicyclic) bond motifs is 1. The zero-order chi connectivity index (χ0) is 30.0. The van der Waals surface area contributed by atoms with Gasteiger partial charge in [-0.05, 0) is 69.7 Å². The van der Waals surface area contributed by atoms with Gasteiger partial charge in [-0.25, -0.2) is 4.79 Å². The molecule has 1 saturated heterocycles. The van der Waals surface area contributed by atoms with Crippen molar-refractivity contribution in [1.29, 1.82) is 0 Å². The Labute approximate surface area is 247 Å². The van der Waals surface area contributed by atoms with Crippen LogP contribution in [0.4, 0.5) is 4.79 Å². The van der Waals surface area contributed by atoms with Crippen LogP contribution < -0.4 is 16.2 Å². The molecule has 1 fully saturated rings. The lowest BCUT2D eigenvalue weighted by molar-refractivity contribution is 0.0161. The Bertz CT molecular complexity index is 1690. The molecule has 3 heterocycles. The summed E-state index contributed by atoms with van der Waals surface area (Å²) in [6.45, 7) is 5.87. The van der Waals surface area contributed by atoms with Crippen molar-refractivity contribution in [2.24, 2.45) is 0 Å². The minimum absolute atomic E-state index is 0.151. The molecule has 4 aromatic rings. The average molecular weight is 590 g/mol. The van der Waals surface area contributed by atoms with Gasteiger partial charge in [-0.3, -0.25) is 19.0 Å². The quantitative estimate of drug-likeness (QED) is 0.316. The molecule has 0 saturated carbocycles. The van der Waals surface area contributed by atoms with E-state index in [4.69, 9.17) is 16.3 Å². The second-order valence-electron chi connectivity index (χ2n) is 11.2. The summed E-state index contributed by atoms with van der Waals surface area (Å²) in [4.78, 5) is 56.2. The van der Waals surface area contributed by atoms with E-state index in [9.17, 15) is 19.2 Å². The molecule has 0 bridgehead atoms. The van der Waals surface area contributed by atoms with Crippen LogP contribution in [0.3, 0.4) is 0 Å². The fraction of sp³-hybridized carbons (Fsp3) is 0.290. The highest BCUT2D eigenvalue weighted by Crippen LogP contribution is 2.24. The lowest BCUT2D eigenvalue weighted by Crippen LogP contribution is -2.61. The smallest absolute Gasteiger partial charge is 0.410 e. The molecule has 2 atom stereocenters. The molecule has 0 radical (unpaired) electrons. The van der Waals surface area contributed by atoms with Crippen LogP contribution in [0.1, 0.15) is 47.9 Å². The zero-order valence-corrected chi connectivity index (χ0v) is 24.3. The van der Waals surface area contributed by atoms with Gasteiger partial charge in [0.15, 0.2) is 0 Å². The number of carbonyl (C=O) groups excluding carboxylic acids is 3. The van der Waals surface area contributed by atoms with Gasteiger partial charge in [0.25, 0.3) is 17.4 Å². The molecule has 3 amide bonds. The van der Waals surface area contributed by atoms with Gasteiger partial charge < -0.3 is 25.3 Å². The van der Waals surface area contributed by atoms with Gasteiger partial charge in [0.05, 0.1) is 17.1 Å². The first-order valence-electron chi connectivity index (χ1n) is 13.6. The lowest BCUT2D eigenvalue weighted by Gasteiger charge is -2.39. The molecule has 11 heteroatoms. The molecule has 0 spiro atoms. The average Bonchev–Trinajstić information content (AvgIpc) is 3.33. The number of nitrogens with zero attached hydrogens (tertiary/aromatic N) is 2. The van der Waals surface area contributed by atoms with Crippen LogP contribution in [0.15, 0.2) is 77.9 Å². The fourth-order valence-corrected chi connectivity index (χ4v) is 5.13. The first-order chi connectivity index (χ1) is 20.0. The summed E-state index contributed by atoms with van der Waals surface area (Å²) in [7, 11) is 0. The van der Waals surface area contributed by atoms with Gasteiger partial charge in [0, 0.05) is 59.3 Å². The van der Waals surface area contributed by atoms with Crippen molar-refractivity contribution in [3.63, 3.8) is 0 Å². The van der Waals surface area contributed by atoms with E-state index < -0.39 is 23.8 Å². The Morgan fingerprint density at radius 3 is 2.36 bits per heavy atom. The largest absolute Gasteiger partial charge is 0.444 e. The summed E-state index contributed by atoms with van der Waals surface area (Å²) >= 11 is 6.18. The minimum Gasteiger partial charge on any atom is -0.444 e. The molecule has 2 aromatic carbocycles. The van der Waals surface area contributed by atoms with Crippen molar-refractivity contribution in [3.05, 3.63) is 99.6 Å². The van der Waals surface area contributed by atoms with Crippen LogP contribution in [0.5, 0.6) is 0 Å². The third-order valence-corrected chi connectivity index (χ3v) is 7.33. The number of H-pyrrole nitrogens is 1. The standard InChI is InChI=1S/C31H32ClN5O5/c1-31(2,3)42-30(41)36-15-13-24(26(18-36)35-29(40)20-9-12-22-23(32)17-33-25(22)16-20)34-28(39)19-7-10-21(11-8-19)37-14-5-4-6-27(37)38/h4-12,14,16-17,24,26,33H,13,15,18H2,1-3H3,(H,34,39)(H,35,40)/t24-,26+/m0/s1. The van der Waals surface area contributed by atoms with Crippen molar-refractivity contribution in [3.8, 4) is 5.69 Å². The molecule has 10 nitrogen and oxygen atoms in total. The van der Waals surface area contributed by atoms with Gasteiger partial charge >= 0.3 is 6.09 Å². The molecule has 42 heavy (non-hydrogen) atoms. The zero-order valence-electron chi connectivity index (χ0n) is 23.5. The summed E-state index contributed by atoms with van der Waals surface area (Å²) in [5.41, 5.74) is 1.31. The molecule has 3 N–H and O–H groups in total. The monoisotopic (exact) mass is 589 g/mol. The second-order valence-corrected chi connectivity index (χ2v) is 11.6. The molecular weight excluding hydrogens is 558 g/mol. The number of aromatic amines is 1. The minimum atomic E-state index is -0.676. The van der Waals surface area contributed by atoms with Crippen LogP contribution in [-0.2, 0) is 4.74 Å². The molecule has 1 aliphatic rings. The van der Waals surface area contributed by atoms with Crippen molar-refractivity contribution < 1.29 is 19.1 Å². The van der Waals surface area contributed by atoms with Gasteiger partial charge in [-0.15, -0.1) is 0 Å². The molecule has 5 rings (SSSR count). The van der Waals surface area contributed by atoms with E-state index in [1.807, 2.05) is 0 Å². The Kier molecular flexibility index (Phi) is 8.08. The van der Waals surface area contributed by atoms with E-state index in [1.165, 1.54) is 10.6 Å². The SMILES string of the molecule is CC(C)(C)OC(=O)N1CC[C@H](NC(=O)c2ccc(-n3ccccc3=O)cc2)[C@H](NC(=O)c2ccc3c(Cl)c[nH]c3c2)C1. The van der Waals surface area contributed by atoms with Crippen molar-refractivity contribution in [1.82, 2.24) is 25.1 Å². The Hall–Kier alpha value is -4.57. The first-order valence-corrected chi connectivity index (χ1v) is 14.0. The number of rotatable bonds is 5. The number of nitrogens with one attached hydrogen (secondary N) is 3. The van der Waals surface area contributed by atoms with Crippen molar-refractivity contribution >= 4 is 40.4 Å². The molecule has 0 unspecified atom stereocenters. The molecule has 218 valence electrons. The second kappa shape index (κ2) is 11.7. The number of hydrogen-bond acceptors (Lipinski definition) is 5. The van der Waals surface area contributed by atoms with Crippen molar-refractivity contribution in [2.75, 3.05) is 13.1 Å². The van der Waals surface area contributed by atoms with Crippen LogP contribution in [-0.4, -0.2) is 63.1 Å². The summed E-state index contributed by atoms with van der Waals surface area (Å²) in [6, 6.07) is 15.7. The predicted octanol–water partition coefficient (Wildman–Crippen LogP) is 4.51. The van der Waals surface area contributed by atoms with E-state index >= 15 is 0 Å². The fourth-order valence-electron chi connectivity index (χ4n) is 4.91. The summed E-state index contributed by atoms with van der Waals surface area (Å²) in [5.74, 6) is -0.685. The number of halogens is 1. The van der Waals surface area contributed by atoms with E-state index in [2.05, 4.69) is 15.6 Å². The van der Waals surface area contributed by atoms with E-state index in [-0.39, 0.29) is 23.9 Å². The van der Waals surface area contributed by atoms with Crippen LogP contribution in [0.2, 0.25) is 5.02 Å². The van der Waals surface area contributed by atoms with E-state index in [0.29, 0.717) is 34.8 Å². The highest BCUT2D eigenvalue weighted by atomic mass is 35.5. The number of likely N-dealkylation sites (tertiary alicyclic amines) is 1. The lowest BCUT2D eigenvalue weighted by atomic mass is 9.98.